The van der Waals surface area contributed by atoms with Gasteiger partial charge in [0.25, 0.3) is 0 Å². The van der Waals surface area contributed by atoms with Gasteiger partial charge in [0.1, 0.15) is 0 Å². The second-order valence-electron chi connectivity index (χ2n) is 4.75. The SMILES string of the molecule is CCOC(=O)C=C(CC(C)C)CC(C)C. The van der Waals surface area contributed by atoms with Crippen LogP contribution < -0.4 is 0 Å². The molecule has 88 valence electrons. The highest BCUT2D eigenvalue weighted by molar-refractivity contribution is 5.82. The van der Waals surface area contributed by atoms with Gasteiger partial charge in [0.05, 0.1) is 6.61 Å². The van der Waals surface area contributed by atoms with E-state index < -0.39 is 0 Å². The summed E-state index contributed by atoms with van der Waals surface area (Å²) >= 11 is 0. The number of ether oxygens (including phenoxy) is 1. The van der Waals surface area contributed by atoms with Crippen molar-refractivity contribution in [3.63, 3.8) is 0 Å². The summed E-state index contributed by atoms with van der Waals surface area (Å²) in [4.78, 5) is 11.3. The molecule has 0 heterocycles. The van der Waals surface area contributed by atoms with Gasteiger partial charge in [-0.15, -0.1) is 0 Å². The van der Waals surface area contributed by atoms with Crippen molar-refractivity contribution in [3.8, 4) is 0 Å². The Kier molecular flexibility index (Phi) is 7.10. The fraction of sp³-hybridized carbons (Fsp3) is 0.769. The van der Waals surface area contributed by atoms with Crippen LogP contribution in [0.2, 0.25) is 0 Å². The summed E-state index contributed by atoms with van der Waals surface area (Å²) in [5.74, 6) is 0.975. The molecule has 2 nitrogen and oxygen atoms in total. The van der Waals surface area contributed by atoms with Gasteiger partial charge < -0.3 is 4.74 Å². The van der Waals surface area contributed by atoms with E-state index in [4.69, 9.17) is 4.74 Å². The highest BCUT2D eigenvalue weighted by atomic mass is 16.5. The first-order valence-electron chi connectivity index (χ1n) is 5.81. The zero-order valence-electron chi connectivity index (χ0n) is 10.7. The summed E-state index contributed by atoms with van der Waals surface area (Å²) in [6.07, 6.45) is 3.64. The first kappa shape index (κ1) is 14.2. The second kappa shape index (κ2) is 7.49. The molecule has 0 aromatic rings. The molecule has 0 bridgehead atoms. The van der Waals surface area contributed by atoms with Gasteiger partial charge in [0.15, 0.2) is 0 Å². The average Bonchev–Trinajstić information content (AvgIpc) is 2.00. The van der Waals surface area contributed by atoms with Gasteiger partial charge in [-0.1, -0.05) is 33.3 Å². The monoisotopic (exact) mass is 212 g/mol. The van der Waals surface area contributed by atoms with Crippen LogP contribution in [0.3, 0.4) is 0 Å². The molecule has 0 spiro atoms. The standard InChI is InChI=1S/C13H24O2/c1-6-15-13(14)9-12(7-10(2)3)8-11(4)5/h9-11H,6-8H2,1-5H3. The lowest BCUT2D eigenvalue weighted by atomic mass is 9.95. The summed E-state index contributed by atoms with van der Waals surface area (Å²) < 4.78 is 4.92. The molecule has 0 saturated heterocycles. The Bertz CT molecular complexity index is 203. The highest BCUT2D eigenvalue weighted by Gasteiger charge is 2.07. The molecule has 0 aliphatic heterocycles. The maximum absolute atomic E-state index is 11.3. The first-order valence-corrected chi connectivity index (χ1v) is 5.81. The maximum atomic E-state index is 11.3. The van der Waals surface area contributed by atoms with E-state index in [0.29, 0.717) is 18.4 Å². The third kappa shape index (κ3) is 8.22. The zero-order chi connectivity index (χ0) is 11.8. The van der Waals surface area contributed by atoms with Crippen molar-refractivity contribution >= 4 is 5.97 Å². The Labute approximate surface area is 93.7 Å². The van der Waals surface area contributed by atoms with Gasteiger partial charge in [0.2, 0.25) is 0 Å². The quantitative estimate of drug-likeness (QED) is 0.497. The van der Waals surface area contributed by atoms with Crippen molar-refractivity contribution in [2.75, 3.05) is 6.61 Å². The van der Waals surface area contributed by atoms with Crippen LogP contribution in [-0.4, -0.2) is 12.6 Å². The van der Waals surface area contributed by atoms with Crippen LogP contribution in [0.25, 0.3) is 0 Å². The number of carbonyl (C=O) groups is 1. The number of carbonyl (C=O) groups excluding carboxylic acids is 1. The number of esters is 1. The minimum absolute atomic E-state index is 0.200. The summed E-state index contributed by atoms with van der Waals surface area (Å²) in [5, 5.41) is 0. The Morgan fingerprint density at radius 2 is 1.60 bits per heavy atom. The third-order valence-corrected chi connectivity index (χ3v) is 1.95. The Morgan fingerprint density at radius 1 is 1.13 bits per heavy atom. The molecule has 0 aliphatic carbocycles. The second-order valence-corrected chi connectivity index (χ2v) is 4.75. The van der Waals surface area contributed by atoms with E-state index in [9.17, 15) is 4.79 Å². The molecule has 0 atom stereocenters. The minimum Gasteiger partial charge on any atom is -0.463 e. The molecule has 0 N–H and O–H groups in total. The molecule has 0 amide bonds. The molecule has 2 heteroatoms. The van der Waals surface area contributed by atoms with Gasteiger partial charge in [0, 0.05) is 6.08 Å². The van der Waals surface area contributed by atoms with E-state index in [1.54, 1.807) is 6.08 Å². The average molecular weight is 212 g/mol. The number of hydrogen-bond donors (Lipinski definition) is 0. The molecule has 15 heavy (non-hydrogen) atoms. The van der Waals surface area contributed by atoms with Gasteiger partial charge in [-0.05, 0) is 31.6 Å². The topological polar surface area (TPSA) is 26.3 Å². The molecular weight excluding hydrogens is 188 g/mol. The van der Waals surface area contributed by atoms with E-state index in [-0.39, 0.29) is 5.97 Å². The molecule has 0 unspecified atom stereocenters. The van der Waals surface area contributed by atoms with Crippen LogP contribution in [0.1, 0.15) is 47.5 Å². The largest absolute Gasteiger partial charge is 0.463 e. The lowest BCUT2D eigenvalue weighted by molar-refractivity contribution is -0.137. The van der Waals surface area contributed by atoms with E-state index in [2.05, 4.69) is 27.7 Å². The zero-order valence-corrected chi connectivity index (χ0v) is 10.7. The van der Waals surface area contributed by atoms with Crippen LogP contribution in [0.15, 0.2) is 11.6 Å². The van der Waals surface area contributed by atoms with E-state index in [1.807, 2.05) is 6.92 Å². The van der Waals surface area contributed by atoms with Crippen molar-refractivity contribution < 1.29 is 9.53 Å². The molecule has 0 aromatic carbocycles. The van der Waals surface area contributed by atoms with Crippen molar-refractivity contribution in [1.82, 2.24) is 0 Å². The van der Waals surface area contributed by atoms with Crippen LogP contribution in [0.4, 0.5) is 0 Å². The minimum atomic E-state index is -0.200. The predicted molar refractivity (Wildman–Crippen MR) is 63.6 cm³/mol. The molecule has 0 aliphatic rings. The summed E-state index contributed by atoms with van der Waals surface area (Å²) in [7, 11) is 0. The number of hydrogen-bond acceptors (Lipinski definition) is 2. The van der Waals surface area contributed by atoms with Gasteiger partial charge in [-0.2, -0.15) is 0 Å². The molecule has 0 rings (SSSR count). The molecule has 0 saturated carbocycles. The van der Waals surface area contributed by atoms with Crippen LogP contribution in [-0.2, 0) is 9.53 Å². The molecular formula is C13H24O2. The summed E-state index contributed by atoms with van der Waals surface area (Å²) in [6, 6.07) is 0. The van der Waals surface area contributed by atoms with Crippen molar-refractivity contribution in [2.45, 2.75) is 47.5 Å². The fourth-order valence-corrected chi connectivity index (χ4v) is 1.60. The Hall–Kier alpha value is -0.790. The first-order chi connectivity index (χ1) is 6.95. The smallest absolute Gasteiger partial charge is 0.330 e. The molecule has 0 aromatic heterocycles. The normalized spacial score (nSPS) is 10.6. The lowest BCUT2D eigenvalue weighted by Crippen LogP contribution is -2.04. The Balaban J connectivity index is 4.39. The van der Waals surface area contributed by atoms with Crippen molar-refractivity contribution in [2.24, 2.45) is 11.8 Å². The number of rotatable bonds is 6. The van der Waals surface area contributed by atoms with Gasteiger partial charge >= 0.3 is 5.97 Å². The summed E-state index contributed by atoms with van der Waals surface area (Å²) in [6.45, 7) is 10.9. The lowest BCUT2D eigenvalue weighted by Gasteiger charge is -2.12. The van der Waals surface area contributed by atoms with Crippen LogP contribution >= 0.6 is 0 Å². The van der Waals surface area contributed by atoms with Gasteiger partial charge in [-0.25, -0.2) is 4.79 Å². The molecule has 0 fully saturated rings. The maximum Gasteiger partial charge on any atom is 0.330 e. The van der Waals surface area contributed by atoms with E-state index in [0.717, 1.165) is 12.8 Å². The van der Waals surface area contributed by atoms with E-state index in [1.165, 1.54) is 5.57 Å². The van der Waals surface area contributed by atoms with Crippen molar-refractivity contribution in [3.05, 3.63) is 11.6 Å². The predicted octanol–water partition coefficient (Wildman–Crippen LogP) is 3.57. The van der Waals surface area contributed by atoms with Crippen LogP contribution in [0, 0.1) is 11.8 Å². The number of allylic oxidation sites excluding steroid dienone is 1. The fourth-order valence-electron chi connectivity index (χ4n) is 1.60. The van der Waals surface area contributed by atoms with Crippen LogP contribution in [0.5, 0.6) is 0 Å². The summed E-state index contributed by atoms with van der Waals surface area (Å²) in [5.41, 5.74) is 1.21. The van der Waals surface area contributed by atoms with E-state index >= 15 is 0 Å². The Morgan fingerprint density at radius 3 is 1.93 bits per heavy atom. The van der Waals surface area contributed by atoms with Gasteiger partial charge in [-0.3, -0.25) is 0 Å². The molecule has 0 radical (unpaired) electrons. The third-order valence-electron chi connectivity index (χ3n) is 1.95. The highest BCUT2D eigenvalue weighted by Crippen LogP contribution is 2.19. The van der Waals surface area contributed by atoms with Crippen molar-refractivity contribution in [1.29, 1.82) is 0 Å².